The summed E-state index contributed by atoms with van der Waals surface area (Å²) >= 11 is 0. The van der Waals surface area contributed by atoms with Gasteiger partial charge in [0.15, 0.2) is 5.69 Å². The lowest BCUT2D eigenvalue weighted by atomic mass is 9.93. The van der Waals surface area contributed by atoms with Crippen LogP contribution in [-0.2, 0) is 0 Å². The third-order valence-electron chi connectivity index (χ3n) is 5.44. The standard InChI is InChI=1S/C23H20FN5O2/c24-18-3-1-2-4-19(18)26-22(30)21-13-20(27-28-21)16-9-11-29(12-10-16)23(31)17-7-5-15(14-25)6-8-17/h1-8,13,16H,9-12H2,(H,26,30)(H,27,28). The second-order valence-corrected chi connectivity index (χ2v) is 7.40. The molecule has 1 aliphatic heterocycles. The zero-order valence-electron chi connectivity index (χ0n) is 16.6. The molecular weight excluding hydrogens is 397 g/mol. The van der Waals surface area contributed by atoms with Gasteiger partial charge in [0.2, 0.25) is 0 Å². The van der Waals surface area contributed by atoms with E-state index in [1.807, 2.05) is 6.07 Å². The van der Waals surface area contributed by atoms with Gasteiger partial charge < -0.3 is 10.2 Å². The number of nitriles is 1. The first-order valence-corrected chi connectivity index (χ1v) is 9.96. The summed E-state index contributed by atoms with van der Waals surface area (Å²) in [5.41, 5.74) is 2.20. The second kappa shape index (κ2) is 8.79. The van der Waals surface area contributed by atoms with Gasteiger partial charge in [0.25, 0.3) is 11.8 Å². The van der Waals surface area contributed by atoms with E-state index >= 15 is 0 Å². The number of H-pyrrole nitrogens is 1. The molecule has 4 rings (SSSR count). The van der Waals surface area contributed by atoms with E-state index in [2.05, 4.69) is 15.5 Å². The zero-order valence-corrected chi connectivity index (χ0v) is 16.6. The summed E-state index contributed by atoms with van der Waals surface area (Å²) in [5.74, 6) is -0.906. The number of para-hydroxylation sites is 1. The van der Waals surface area contributed by atoms with Gasteiger partial charge in [0.1, 0.15) is 5.82 Å². The average molecular weight is 417 g/mol. The molecule has 1 saturated heterocycles. The topological polar surface area (TPSA) is 102 Å². The van der Waals surface area contributed by atoms with Gasteiger partial charge in [-0.05, 0) is 55.3 Å². The van der Waals surface area contributed by atoms with Crippen LogP contribution in [0.4, 0.5) is 10.1 Å². The molecule has 1 fully saturated rings. The van der Waals surface area contributed by atoms with Gasteiger partial charge in [-0.2, -0.15) is 10.4 Å². The number of aromatic nitrogens is 2. The van der Waals surface area contributed by atoms with Crippen LogP contribution in [-0.4, -0.2) is 40.0 Å². The average Bonchev–Trinajstić information content (AvgIpc) is 3.31. The van der Waals surface area contributed by atoms with Crippen LogP contribution in [0, 0.1) is 17.1 Å². The first-order chi connectivity index (χ1) is 15.0. The molecule has 0 atom stereocenters. The number of benzene rings is 2. The van der Waals surface area contributed by atoms with Gasteiger partial charge in [-0.25, -0.2) is 4.39 Å². The van der Waals surface area contributed by atoms with E-state index in [-0.39, 0.29) is 23.2 Å². The summed E-state index contributed by atoms with van der Waals surface area (Å²) in [6.07, 6.45) is 1.47. The number of hydrogen-bond acceptors (Lipinski definition) is 4. The highest BCUT2D eigenvalue weighted by Gasteiger charge is 2.26. The molecule has 0 aliphatic carbocycles. The maximum atomic E-state index is 13.7. The number of nitrogens with one attached hydrogen (secondary N) is 2. The Hall–Kier alpha value is -3.99. The van der Waals surface area contributed by atoms with Crippen LogP contribution in [0.3, 0.4) is 0 Å². The highest BCUT2D eigenvalue weighted by molar-refractivity contribution is 6.03. The minimum Gasteiger partial charge on any atom is -0.339 e. The fraction of sp³-hybridized carbons (Fsp3) is 0.217. The normalized spacial score (nSPS) is 14.1. The Morgan fingerprint density at radius 2 is 1.84 bits per heavy atom. The number of hydrogen-bond donors (Lipinski definition) is 2. The van der Waals surface area contributed by atoms with E-state index < -0.39 is 11.7 Å². The molecule has 0 bridgehead atoms. The molecule has 2 amide bonds. The smallest absolute Gasteiger partial charge is 0.276 e. The predicted octanol–water partition coefficient (Wildman–Crippen LogP) is 3.69. The summed E-state index contributed by atoms with van der Waals surface area (Å²) in [6.45, 7) is 1.17. The van der Waals surface area contributed by atoms with Crippen molar-refractivity contribution in [2.24, 2.45) is 0 Å². The molecule has 31 heavy (non-hydrogen) atoms. The largest absolute Gasteiger partial charge is 0.339 e. The first-order valence-electron chi connectivity index (χ1n) is 9.96. The number of anilines is 1. The number of piperidine rings is 1. The quantitative estimate of drug-likeness (QED) is 0.676. The van der Waals surface area contributed by atoms with Gasteiger partial charge in [0.05, 0.1) is 17.3 Å². The molecular formula is C23H20FN5O2. The van der Waals surface area contributed by atoms with Gasteiger partial charge in [-0.1, -0.05) is 12.1 Å². The van der Waals surface area contributed by atoms with E-state index in [1.54, 1.807) is 47.4 Å². The Kier molecular flexibility index (Phi) is 5.76. The Morgan fingerprint density at radius 3 is 2.52 bits per heavy atom. The number of carbonyl (C=O) groups is 2. The van der Waals surface area contributed by atoms with Crippen LogP contribution in [0.15, 0.2) is 54.6 Å². The molecule has 8 heteroatoms. The summed E-state index contributed by atoms with van der Waals surface area (Å²) in [7, 11) is 0. The summed E-state index contributed by atoms with van der Waals surface area (Å²) in [5, 5.41) is 18.4. The van der Waals surface area contributed by atoms with Crippen LogP contribution in [0.5, 0.6) is 0 Å². The van der Waals surface area contributed by atoms with E-state index in [0.717, 1.165) is 18.5 Å². The Balaban J connectivity index is 1.35. The van der Waals surface area contributed by atoms with Crippen LogP contribution in [0.25, 0.3) is 0 Å². The molecule has 0 unspecified atom stereocenters. The van der Waals surface area contributed by atoms with Crippen molar-refractivity contribution in [1.29, 1.82) is 5.26 Å². The van der Waals surface area contributed by atoms with Gasteiger partial charge in [-0.3, -0.25) is 14.7 Å². The van der Waals surface area contributed by atoms with Crippen molar-refractivity contribution >= 4 is 17.5 Å². The molecule has 0 spiro atoms. The summed E-state index contributed by atoms with van der Waals surface area (Å²) < 4.78 is 13.7. The molecule has 2 aromatic carbocycles. The van der Waals surface area contributed by atoms with Crippen molar-refractivity contribution in [3.8, 4) is 6.07 Å². The van der Waals surface area contributed by atoms with Gasteiger partial charge in [-0.15, -0.1) is 0 Å². The lowest BCUT2D eigenvalue weighted by molar-refractivity contribution is 0.0712. The zero-order chi connectivity index (χ0) is 21.8. The van der Waals surface area contributed by atoms with Crippen LogP contribution < -0.4 is 5.32 Å². The highest BCUT2D eigenvalue weighted by Crippen LogP contribution is 2.28. The minimum absolute atomic E-state index is 0.0579. The third-order valence-corrected chi connectivity index (χ3v) is 5.44. The van der Waals surface area contributed by atoms with E-state index in [4.69, 9.17) is 5.26 Å². The molecule has 1 aromatic heterocycles. The minimum atomic E-state index is -0.508. The predicted molar refractivity (Wildman–Crippen MR) is 112 cm³/mol. The van der Waals surface area contributed by atoms with Crippen molar-refractivity contribution in [3.63, 3.8) is 0 Å². The summed E-state index contributed by atoms with van der Waals surface area (Å²) in [4.78, 5) is 26.8. The summed E-state index contributed by atoms with van der Waals surface area (Å²) in [6, 6.07) is 16.3. The van der Waals surface area contributed by atoms with Crippen LogP contribution >= 0.6 is 0 Å². The third kappa shape index (κ3) is 4.46. The van der Waals surface area contributed by atoms with E-state index in [1.165, 1.54) is 12.1 Å². The van der Waals surface area contributed by atoms with E-state index in [0.29, 0.717) is 24.2 Å². The maximum absolute atomic E-state index is 13.7. The Morgan fingerprint density at radius 1 is 1.13 bits per heavy atom. The number of amides is 2. The molecule has 7 nitrogen and oxygen atoms in total. The van der Waals surface area contributed by atoms with Crippen molar-refractivity contribution < 1.29 is 14.0 Å². The first kappa shape index (κ1) is 20.3. The number of rotatable bonds is 4. The Labute approximate surface area is 178 Å². The molecule has 0 saturated carbocycles. The van der Waals surface area contributed by atoms with Gasteiger partial charge >= 0.3 is 0 Å². The molecule has 3 aromatic rings. The molecule has 2 heterocycles. The van der Waals surface area contributed by atoms with E-state index in [9.17, 15) is 14.0 Å². The van der Waals surface area contributed by atoms with Crippen molar-refractivity contribution in [2.75, 3.05) is 18.4 Å². The lowest BCUT2D eigenvalue weighted by Crippen LogP contribution is -2.38. The Bertz CT molecular complexity index is 1140. The second-order valence-electron chi connectivity index (χ2n) is 7.40. The number of halogens is 1. The molecule has 1 aliphatic rings. The molecule has 2 N–H and O–H groups in total. The number of likely N-dealkylation sites (tertiary alicyclic amines) is 1. The lowest BCUT2D eigenvalue weighted by Gasteiger charge is -2.31. The van der Waals surface area contributed by atoms with Crippen LogP contribution in [0.2, 0.25) is 0 Å². The fourth-order valence-electron chi connectivity index (χ4n) is 3.67. The SMILES string of the molecule is N#Cc1ccc(C(=O)N2CCC(c3cc(C(=O)Nc4ccccc4F)n[nH]3)CC2)cc1. The van der Waals surface area contributed by atoms with Gasteiger partial charge in [0, 0.05) is 30.3 Å². The monoisotopic (exact) mass is 417 g/mol. The number of aromatic amines is 1. The van der Waals surface area contributed by atoms with Crippen LogP contribution in [0.1, 0.15) is 50.9 Å². The van der Waals surface area contributed by atoms with Crippen molar-refractivity contribution in [1.82, 2.24) is 15.1 Å². The number of nitrogens with zero attached hydrogens (tertiary/aromatic N) is 3. The highest BCUT2D eigenvalue weighted by atomic mass is 19.1. The van der Waals surface area contributed by atoms with Crippen molar-refractivity contribution in [2.45, 2.75) is 18.8 Å². The maximum Gasteiger partial charge on any atom is 0.276 e. The number of carbonyl (C=O) groups excluding carboxylic acids is 2. The molecule has 156 valence electrons. The molecule has 0 radical (unpaired) electrons. The van der Waals surface area contributed by atoms with Crippen molar-refractivity contribution in [3.05, 3.63) is 82.9 Å². The fourth-order valence-corrected chi connectivity index (χ4v) is 3.67.